The van der Waals surface area contributed by atoms with E-state index in [1.165, 1.54) is 11.3 Å². The van der Waals surface area contributed by atoms with Crippen LogP contribution in [0.15, 0.2) is 16.4 Å². The SMILES string of the molecule is CCc1c(O)[n+](CCOC)c2sccn2c1=O. The molecule has 2 aromatic rings. The fourth-order valence-corrected chi connectivity index (χ4v) is 2.68. The molecule has 0 spiro atoms. The first-order valence-electron chi connectivity index (χ1n) is 5.43. The van der Waals surface area contributed by atoms with Gasteiger partial charge in [-0.3, -0.25) is 0 Å². The molecule has 0 amide bonds. The second kappa shape index (κ2) is 4.85. The summed E-state index contributed by atoms with van der Waals surface area (Å²) in [4.78, 5) is 12.8. The summed E-state index contributed by atoms with van der Waals surface area (Å²) in [7, 11) is 1.61. The summed E-state index contributed by atoms with van der Waals surface area (Å²) < 4.78 is 8.30. The monoisotopic (exact) mass is 255 g/mol. The van der Waals surface area contributed by atoms with E-state index in [1.807, 2.05) is 12.3 Å². The van der Waals surface area contributed by atoms with E-state index in [4.69, 9.17) is 4.74 Å². The van der Waals surface area contributed by atoms with Crippen LogP contribution in [0.1, 0.15) is 12.5 Å². The molecule has 0 aliphatic rings. The highest BCUT2D eigenvalue weighted by Gasteiger charge is 2.23. The van der Waals surface area contributed by atoms with Gasteiger partial charge in [0.15, 0.2) is 0 Å². The van der Waals surface area contributed by atoms with Gasteiger partial charge in [-0.2, -0.15) is 8.97 Å². The van der Waals surface area contributed by atoms with Gasteiger partial charge in [0.05, 0.1) is 6.61 Å². The fourth-order valence-electron chi connectivity index (χ4n) is 1.81. The number of hydrogen-bond donors (Lipinski definition) is 1. The van der Waals surface area contributed by atoms with Crippen LogP contribution in [0.25, 0.3) is 4.96 Å². The van der Waals surface area contributed by atoms with Gasteiger partial charge in [-0.1, -0.05) is 18.3 Å². The van der Waals surface area contributed by atoms with Crippen LogP contribution < -0.4 is 10.1 Å². The topological polar surface area (TPSA) is 54.8 Å². The molecule has 0 aliphatic carbocycles. The highest BCUT2D eigenvalue weighted by atomic mass is 32.1. The summed E-state index contributed by atoms with van der Waals surface area (Å²) in [5, 5.41) is 11.9. The molecule has 0 aromatic carbocycles. The molecule has 0 saturated carbocycles. The van der Waals surface area contributed by atoms with E-state index in [-0.39, 0.29) is 11.4 Å². The molecule has 2 aromatic heterocycles. The van der Waals surface area contributed by atoms with E-state index < -0.39 is 0 Å². The lowest BCUT2D eigenvalue weighted by Crippen LogP contribution is -2.42. The van der Waals surface area contributed by atoms with Crippen molar-refractivity contribution in [1.82, 2.24) is 4.40 Å². The van der Waals surface area contributed by atoms with Crippen molar-refractivity contribution in [1.29, 1.82) is 0 Å². The predicted octanol–water partition coefficient (Wildman–Crippen LogP) is 0.563. The smallest absolute Gasteiger partial charge is 0.351 e. The molecule has 2 rings (SSSR count). The van der Waals surface area contributed by atoms with E-state index in [2.05, 4.69) is 0 Å². The Morgan fingerprint density at radius 1 is 1.59 bits per heavy atom. The number of fused-ring (bicyclic) bond motifs is 1. The maximum atomic E-state index is 12.0. The molecule has 6 heteroatoms. The Morgan fingerprint density at radius 3 is 3.00 bits per heavy atom. The van der Waals surface area contributed by atoms with Crippen molar-refractivity contribution in [3.05, 3.63) is 27.5 Å². The number of ether oxygens (including phenoxy) is 1. The highest BCUT2D eigenvalue weighted by molar-refractivity contribution is 7.14. The first-order valence-corrected chi connectivity index (χ1v) is 6.31. The molecule has 17 heavy (non-hydrogen) atoms. The Hall–Kier alpha value is -1.40. The first kappa shape index (κ1) is 12.1. The number of nitrogens with zero attached hydrogens (tertiary/aromatic N) is 2. The van der Waals surface area contributed by atoms with Crippen LogP contribution in [0, 0.1) is 0 Å². The average molecular weight is 255 g/mol. The summed E-state index contributed by atoms with van der Waals surface area (Å²) in [5.74, 6) is 0.0528. The first-order chi connectivity index (χ1) is 8.20. The lowest BCUT2D eigenvalue weighted by atomic mass is 10.2. The zero-order chi connectivity index (χ0) is 12.4. The number of hydrogen-bond acceptors (Lipinski definition) is 4. The molecule has 0 atom stereocenters. The quantitative estimate of drug-likeness (QED) is 0.812. The van der Waals surface area contributed by atoms with Gasteiger partial charge in [-0.05, 0) is 6.42 Å². The second-order valence-corrected chi connectivity index (χ2v) is 4.53. The van der Waals surface area contributed by atoms with Crippen LogP contribution in [0.5, 0.6) is 5.88 Å². The Kier molecular flexibility index (Phi) is 3.44. The molecule has 0 fully saturated rings. The lowest BCUT2D eigenvalue weighted by molar-refractivity contribution is -0.680. The van der Waals surface area contributed by atoms with Gasteiger partial charge in [0, 0.05) is 12.5 Å². The third kappa shape index (κ3) is 1.94. The van der Waals surface area contributed by atoms with Crippen molar-refractivity contribution in [2.75, 3.05) is 13.7 Å². The van der Waals surface area contributed by atoms with Crippen LogP contribution >= 0.6 is 11.3 Å². The van der Waals surface area contributed by atoms with Gasteiger partial charge in [0.25, 0.3) is 5.88 Å². The van der Waals surface area contributed by atoms with Crippen LogP contribution in [0.3, 0.4) is 0 Å². The maximum Gasteiger partial charge on any atom is 0.351 e. The molecule has 0 saturated heterocycles. The van der Waals surface area contributed by atoms with Crippen LogP contribution in [-0.2, 0) is 17.7 Å². The molecule has 92 valence electrons. The molecule has 1 N–H and O–H groups in total. The van der Waals surface area contributed by atoms with Crippen molar-refractivity contribution >= 4 is 16.3 Å². The van der Waals surface area contributed by atoms with Crippen LogP contribution in [0.2, 0.25) is 0 Å². The summed E-state index contributed by atoms with van der Waals surface area (Å²) in [6.45, 7) is 2.88. The minimum Gasteiger partial charge on any atom is -0.477 e. The summed E-state index contributed by atoms with van der Waals surface area (Å²) in [6.07, 6.45) is 2.24. The number of methoxy groups -OCH3 is 1. The van der Waals surface area contributed by atoms with Gasteiger partial charge in [0.2, 0.25) is 0 Å². The van der Waals surface area contributed by atoms with Crippen molar-refractivity contribution in [2.24, 2.45) is 0 Å². The molecule has 0 radical (unpaired) electrons. The minimum atomic E-state index is -0.144. The Labute approximate surface area is 103 Å². The van der Waals surface area contributed by atoms with Gasteiger partial charge < -0.3 is 9.84 Å². The van der Waals surface area contributed by atoms with Gasteiger partial charge in [-0.25, -0.2) is 4.79 Å². The largest absolute Gasteiger partial charge is 0.477 e. The van der Waals surface area contributed by atoms with E-state index >= 15 is 0 Å². The number of rotatable bonds is 4. The summed E-state index contributed by atoms with van der Waals surface area (Å²) in [6, 6.07) is 0. The van der Waals surface area contributed by atoms with E-state index in [9.17, 15) is 9.90 Å². The van der Waals surface area contributed by atoms with Gasteiger partial charge in [-0.15, -0.1) is 0 Å². The molecule has 0 unspecified atom stereocenters. The minimum absolute atomic E-state index is 0.0528. The molecule has 5 nitrogen and oxygen atoms in total. The lowest BCUT2D eigenvalue weighted by Gasteiger charge is -2.05. The zero-order valence-electron chi connectivity index (χ0n) is 9.84. The summed E-state index contributed by atoms with van der Waals surface area (Å²) >= 11 is 1.42. The summed E-state index contributed by atoms with van der Waals surface area (Å²) in [5.41, 5.74) is 0.298. The fraction of sp³-hybridized carbons (Fsp3) is 0.455. The van der Waals surface area contributed by atoms with Crippen molar-refractivity contribution in [3.8, 4) is 5.88 Å². The standard InChI is InChI=1S/C11H14N2O3S/c1-3-8-9(14)12(4-6-16-2)11-13(10(8)15)5-7-17-11/h5,7H,3-4,6H2,1-2H3/p+1. The molecular formula is C11H15N2O3S+. The third-order valence-corrected chi connectivity index (χ3v) is 3.58. The van der Waals surface area contributed by atoms with Crippen LogP contribution in [-0.4, -0.2) is 23.2 Å². The molecule has 0 bridgehead atoms. The zero-order valence-corrected chi connectivity index (χ0v) is 10.7. The predicted molar refractivity (Wildman–Crippen MR) is 64.7 cm³/mol. The van der Waals surface area contributed by atoms with Crippen molar-refractivity contribution in [3.63, 3.8) is 0 Å². The Balaban J connectivity index is 2.71. The second-order valence-electron chi connectivity index (χ2n) is 3.66. The molecular weight excluding hydrogens is 240 g/mol. The maximum absolute atomic E-state index is 12.0. The molecule has 0 aliphatic heterocycles. The Bertz CT molecular complexity index is 588. The van der Waals surface area contributed by atoms with Gasteiger partial charge in [0.1, 0.15) is 18.3 Å². The third-order valence-electron chi connectivity index (χ3n) is 2.70. The highest BCUT2D eigenvalue weighted by Crippen LogP contribution is 2.13. The average Bonchev–Trinajstić information content (AvgIpc) is 2.79. The molecule has 2 heterocycles. The number of aromatic nitrogens is 2. The van der Waals surface area contributed by atoms with E-state index in [1.54, 1.807) is 22.3 Å². The Morgan fingerprint density at radius 2 is 2.35 bits per heavy atom. The number of thiazole rings is 1. The van der Waals surface area contributed by atoms with Gasteiger partial charge >= 0.3 is 10.5 Å². The number of aromatic hydroxyl groups is 1. The normalized spacial score (nSPS) is 11.2. The van der Waals surface area contributed by atoms with E-state index in [0.29, 0.717) is 25.1 Å². The van der Waals surface area contributed by atoms with Crippen molar-refractivity contribution < 1.29 is 14.4 Å². The van der Waals surface area contributed by atoms with E-state index in [0.717, 1.165) is 4.96 Å². The van der Waals surface area contributed by atoms with Crippen molar-refractivity contribution in [2.45, 2.75) is 19.9 Å². The van der Waals surface area contributed by atoms with Crippen LogP contribution in [0.4, 0.5) is 0 Å².